The summed E-state index contributed by atoms with van der Waals surface area (Å²) in [6, 6.07) is 5.01. The average molecular weight is 289 g/mol. The van der Waals surface area contributed by atoms with E-state index in [2.05, 4.69) is 51.4 Å². The van der Waals surface area contributed by atoms with Gasteiger partial charge in [-0.2, -0.15) is 5.10 Å². The maximum atomic E-state index is 4.43. The summed E-state index contributed by atoms with van der Waals surface area (Å²) in [6.45, 7) is 7.38. The third-order valence-corrected chi connectivity index (χ3v) is 4.93. The van der Waals surface area contributed by atoms with Crippen LogP contribution in [0.4, 0.5) is 5.82 Å². The number of aromatic nitrogens is 2. The molecule has 1 N–H and O–H groups in total. The molecule has 2 unspecified atom stereocenters. The number of nitrogens with one attached hydrogen (secondary N) is 1. The molecule has 0 bridgehead atoms. The minimum Gasteiger partial charge on any atom is -0.355 e. The SMILES string of the molecule is CCNCc1ccc(N2CCC3C(CCCN3C)C2)nn1. The summed E-state index contributed by atoms with van der Waals surface area (Å²) in [5.41, 5.74) is 1.02. The molecule has 3 rings (SSSR count). The predicted octanol–water partition coefficient (Wildman–Crippen LogP) is 1.51. The maximum absolute atomic E-state index is 4.43. The molecule has 1 aromatic heterocycles. The largest absolute Gasteiger partial charge is 0.355 e. The maximum Gasteiger partial charge on any atom is 0.151 e. The highest BCUT2D eigenvalue weighted by atomic mass is 15.3. The lowest BCUT2D eigenvalue weighted by molar-refractivity contribution is 0.102. The van der Waals surface area contributed by atoms with Crippen LogP contribution >= 0.6 is 0 Å². The van der Waals surface area contributed by atoms with Crippen molar-refractivity contribution in [1.29, 1.82) is 0 Å². The quantitative estimate of drug-likeness (QED) is 0.910. The van der Waals surface area contributed by atoms with E-state index in [0.29, 0.717) is 0 Å². The van der Waals surface area contributed by atoms with E-state index in [-0.39, 0.29) is 0 Å². The second-order valence-corrected chi connectivity index (χ2v) is 6.35. The van der Waals surface area contributed by atoms with Crippen LogP contribution < -0.4 is 10.2 Å². The Hall–Kier alpha value is -1.20. The number of anilines is 1. The van der Waals surface area contributed by atoms with E-state index in [1.807, 2.05) is 0 Å². The molecule has 0 radical (unpaired) electrons. The molecule has 2 atom stereocenters. The number of piperidine rings is 2. The molecule has 5 heteroatoms. The Balaban J connectivity index is 1.62. The van der Waals surface area contributed by atoms with Crippen LogP contribution in [-0.4, -0.2) is 54.4 Å². The van der Waals surface area contributed by atoms with Crippen molar-refractivity contribution in [2.24, 2.45) is 5.92 Å². The molecule has 2 aliphatic heterocycles. The van der Waals surface area contributed by atoms with Crippen molar-refractivity contribution in [2.45, 2.75) is 38.8 Å². The molecule has 2 fully saturated rings. The minimum absolute atomic E-state index is 0.774. The van der Waals surface area contributed by atoms with Gasteiger partial charge in [-0.15, -0.1) is 5.10 Å². The van der Waals surface area contributed by atoms with Crippen LogP contribution in [0.15, 0.2) is 12.1 Å². The fraction of sp³-hybridized carbons (Fsp3) is 0.750. The number of fused-ring (bicyclic) bond motifs is 1. The van der Waals surface area contributed by atoms with E-state index in [0.717, 1.165) is 49.7 Å². The predicted molar refractivity (Wildman–Crippen MR) is 85.4 cm³/mol. The highest BCUT2D eigenvalue weighted by Crippen LogP contribution is 2.31. The van der Waals surface area contributed by atoms with Gasteiger partial charge in [-0.3, -0.25) is 0 Å². The van der Waals surface area contributed by atoms with Gasteiger partial charge >= 0.3 is 0 Å². The molecular formula is C16H27N5. The first-order valence-corrected chi connectivity index (χ1v) is 8.26. The lowest BCUT2D eigenvalue weighted by Crippen LogP contribution is -2.52. The van der Waals surface area contributed by atoms with Gasteiger partial charge in [0.25, 0.3) is 0 Å². The molecule has 21 heavy (non-hydrogen) atoms. The summed E-state index contributed by atoms with van der Waals surface area (Å²) in [6.07, 6.45) is 3.94. The van der Waals surface area contributed by atoms with Crippen molar-refractivity contribution in [3.63, 3.8) is 0 Å². The van der Waals surface area contributed by atoms with Gasteiger partial charge in [0.05, 0.1) is 5.69 Å². The molecule has 5 nitrogen and oxygen atoms in total. The first-order chi connectivity index (χ1) is 10.3. The van der Waals surface area contributed by atoms with Gasteiger partial charge in [0, 0.05) is 25.7 Å². The van der Waals surface area contributed by atoms with Crippen molar-refractivity contribution >= 4 is 5.82 Å². The average Bonchev–Trinajstić information content (AvgIpc) is 2.53. The number of hydrogen-bond donors (Lipinski definition) is 1. The third-order valence-electron chi connectivity index (χ3n) is 4.93. The monoisotopic (exact) mass is 289 g/mol. The third kappa shape index (κ3) is 3.35. The Morgan fingerprint density at radius 1 is 1.24 bits per heavy atom. The molecule has 0 saturated carbocycles. The molecule has 1 aromatic rings. The zero-order valence-electron chi connectivity index (χ0n) is 13.3. The number of likely N-dealkylation sites (tertiary alicyclic amines) is 1. The summed E-state index contributed by atoms with van der Waals surface area (Å²) >= 11 is 0. The van der Waals surface area contributed by atoms with E-state index in [9.17, 15) is 0 Å². The van der Waals surface area contributed by atoms with Gasteiger partial charge in [-0.05, 0) is 57.5 Å². The smallest absolute Gasteiger partial charge is 0.151 e. The van der Waals surface area contributed by atoms with Crippen LogP contribution in [0.5, 0.6) is 0 Å². The Morgan fingerprint density at radius 3 is 2.90 bits per heavy atom. The molecule has 3 heterocycles. The van der Waals surface area contributed by atoms with E-state index in [1.54, 1.807) is 0 Å². The number of nitrogens with zero attached hydrogens (tertiary/aromatic N) is 4. The van der Waals surface area contributed by atoms with E-state index in [1.165, 1.54) is 25.8 Å². The van der Waals surface area contributed by atoms with Crippen LogP contribution in [0.1, 0.15) is 31.9 Å². The second-order valence-electron chi connectivity index (χ2n) is 6.35. The van der Waals surface area contributed by atoms with Crippen molar-refractivity contribution in [3.05, 3.63) is 17.8 Å². The molecule has 0 amide bonds. The first kappa shape index (κ1) is 14.7. The minimum atomic E-state index is 0.774. The summed E-state index contributed by atoms with van der Waals surface area (Å²) in [4.78, 5) is 4.97. The fourth-order valence-electron chi connectivity index (χ4n) is 3.73. The van der Waals surface area contributed by atoms with Crippen LogP contribution in [0.25, 0.3) is 0 Å². The first-order valence-electron chi connectivity index (χ1n) is 8.26. The molecule has 0 aromatic carbocycles. The molecule has 2 saturated heterocycles. The molecule has 2 aliphatic rings. The van der Waals surface area contributed by atoms with E-state index >= 15 is 0 Å². The van der Waals surface area contributed by atoms with Crippen molar-refractivity contribution in [2.75, 3.05) is 38.1 Å². The molecule has 116 valence electrons. The van der Waals surface area contributed by atoms with Gasteiger partial charge in [0.15, 0.2) is 5.82 Å². The van der Waals surface area contributed by atoms with Crippen LogP contribution in [-0.2, 0) is 6.54 Å². The summed E-state index contributed by atoms with van der Waals surface area (Å²) < 4.78 is 0. The van der Waals surface area contributed by atoms with Gasteiger partial charge in [-0.25, -0.2) is 0 Å². The number of hydrogen-bond acceptors (Lipinski definition) is 5. The van der Waals surface area contributed by atoms with Crippen LogP contribution in [0, 0.1) is 5.92 Å². The Labute approximate surface area is 127 Å². The van der Waals surface area contributed by atoms with Gasteiger partial charge in [0.1, 0.15) is 0 Å². The zero-order chi connectivity index (χ0) is 14.7. The standard InChI is InChI=1S/C16H27N5/c1-3-17-11-14-6-7-16(19-18-14)21-10-8-15-13(12-21)5-4-9-20(15)2/h6-7,13,15,17H,3-5,8-12H2,1-2H3. The van der Waals surface area contributed by atoms with Crippen LogP contribution in [0.2, 0.25) is 0 Å². The lowest BCUT2D eigenvalue weighted by atomic mass is 9.84. The normalized spacial score (nSPS) is 26.7. The van der Waals surface area contributed by atoms with Gasteiger partial charge in [-0.1, -0.05) is 6.92 Å². The zero-order valence-corrected chi connectivity index (χ0v) is 13.3. The van der Waals surface area contributed by atoms with Gasteiger partial charge in [0.2, 0.25) is 0 Å². The Kier molecular flexibility index (Phi) is 4.70. The molecule has 0 spiro atoms. The Bertz CT molecular complexity index is 446. The van der Waals surface area contributed by atoms with Gasteiger partial charge < -0.3 is 15.1 Å². The molecular weight excluding hydrogens is 262 g/mol. The van der Waals surface area contributed by atoms with Crippen molar-refractivity contribution < 1.29 is 0 Å². The summed E-state index contributed by atoms with van der Waals surface area (Å²) in [5, 5.41) is 12.1. The lowest BCUT2D eigenvalue weighted by Gasteiger charge is -2.46. The highest BCUT2D eigenvalue weighted by molar-refractivity contribution is 5.38. The number of rotatable bonds is 4. The highest BCUT2D eigenvalue weighted by Gasteiger charge is 2.34. The van der Waals surface area contributed by atoms with Crippen LogP contribution in [0.3, 0.4) is 0 Å². The van der Waals surface area contributed by atoms with E-state index in [4.69, 9.17) is 0 Å². The van der Waals surface area contributed by atoms with Crippen molar-refractivity contribution in [3.8, 4) is 0 Å². The fourth-order valence-corrected chi connectivity index (χ4v) is 3.73. The second kappa shape index (κ2) is 6.71. The molecule has 0 aliphatic carbocycles. The topological polar surface area (TPSA) is 44.3 Å². The Morgan fingerprint density at radius 2 is 2.14 bits per heavy atom. The summed E-state index contributed by atoms with van der Waals surface area (Å²) in [7, 11) is 2.28. The van der Waals surface area contributed by atoms with E-state index < -0.39 is 0 Å². The van der Waals surface area contributed by atoms with Crippen molar-refractivity contribution in [1.82, 2.24) is 20.4 Å². The summed E-state index contributed by atoms with van der Waals surface area (Å²) in [5.74, 6) is 1.84.